The summed E-state index contributed by atoms with van der Waals surface area (Å²) in [5.74, 6) is 0. The molecule has 0 rings (SSSR count). The second-order valence-electron chi connectivity index (χ2n) is 5.61. The Morgan fingerprint density at radius 2 is 0.955 bits per heavy atom. The molecule has 0 amide bonds. The number of rotatable bonds is 4. The fourth-order valence-electron chi connectivity index (χ4n) is 0.744. The summed E-state index contributed by atoms with van der Waals surface area (Å²) in [5.41, 5.74) is 0. The summed E-state index contributed by atoms with van der Waals surface area (Å²) >= 11 is 24.2. The molecule has 0 N–H and O–H groups in total. The quantitative estimate of drug-likeness (QED) is 0.206. The van der Waals surface area contributed by atoms with E-state index in [2.05, 4.69) is 48.8 Å². The third kappa shape index (κ3) is 49.6. The number of halogens is 8. The summed E-state index contributed by atoms with van der Waals surface area (Å²) in [5, 5.41) is 4.96. The van der Waals surface area contributed by atoms with Crippen LogP contribution in [0.15, 0.2) is 0 Å². The van der Waals surface area contributed by atoms with Crippen LogP contribution in [-0.2, 0) is 15.2 Å². The monoisotopic (exact) mass is 711 g/mol. The van der Waals surface area contributed by atoms with Crippen LogP contribution in [0.4, 0.5) is 0 Å². The summed E-state index contributed by atoms with van der Waals surface area (Å²) < 4.78 is 8.95. The van der Waals surface area contributed by atoms with Gasteiger partial charge in [0.2, 0.25) is 0 Å². The first kappa shape index (κ1) is 30.8. The molecular weight excluding hydrogens is 697 g/mol. The van der Waals surface area contributed by atoms with Crippen LogP contribution in [0.3, 0.4) is 0 Å². The zero-order chi connectivity index (χ0) is 19.0. The van der Waals surface area contributed by atoms with Crippen LogP contribution in [0.2, 0.25) is 39.3 Å². The van der Waals surface area contributed by atoms with Crippen molar-refractivity contribution >= 4 is 112 Å². The molecule has 0 radical (unpaired) electrons. The van der Waals surface area contributed by atoms with Gasteiger partial charge in [-0.15, -0.1) is 0 Å². The van der Waals surface area contributed by atoms with Gasteiger partial charge in [0.25, 0.3) is 0 Å². The zero-order valence-corrected chi connectivity index (χ0v) is 25.8. The van der Waals surface area contributed by atoms with E-state index < -0.39 is 43.1 Å². The molecule has 0 heterocycles. The number of hydrogen-bond acceptors (Lipinski definition) is 0. The van der Waals surface area contributed by atoms with Gasteiger partial charge in [-0.1, -0.05) is 73.0 Å². The van der Waals surface area contributed by atoms with Crippen LogP contribution in [0.25, 0.3) is 14.7 Å². The van der Waals surface area contributed by atoms with Gasteiger partial charge in [-0.3, -0.25) is 0 Å². The van der Waals surface area contributed by atoms with Crippen LogP contribution in [-0.4, -0.2) is 16.5 Å². The normalized spacial score (nSPS) is 13.0. The van der Waals surface area contributed by atoms with Crippen molar-refractivity contribution in [1.29, 1.82) is 0 Å². The maximum Gasteiger partial charge on any atom is 0.0346 e. The summed E-state index contributed by atoms with van der Waals surface area (Å²) in [6.45, 7) is 12.7. The topological polar surface area (TPSA) is 50.5 Å². The molecule has 0 saturated carbocycles. The van der Waals surface area contributed by atoms with Crippen LogP contribution in [0.5, 0.6) is 0 Å². The van der Waals surface area contributed by atoms with E-state index in [0.717, 1.165) is 0 Å². The summed E-state index contributed by atoms with van der Waals surface area (Å²) in [6, 6.07) is 0. The molecule has 0 aliphatic heterocycles. The molecule has 0 aliphatic rings. The van der Waals surface area contributed by atoms with E-state index in [-0.39, 0.29) is 0 Å². The molecule has 0 aromatic heterocycles. The first-order valence-corrected chi connectivity index (χ1v) is 32.2. The number of nitrogens with zero attached hydrogens (tertiary/aromatic N) is 3. The molecule has 0 fully saturated rings. The van der Waals surface area contributed by atoms with Gasteiger partial charge in [0.05, 0.1) is 28.8 Å². The van der Waals surface area contributed by atoms with Gasteiger partial charge >= 0.3 is 42.8 Å². The maximum absolute atomic E-state index is 7.93. The van der Waals surface area contributed by atoms with E-state index in [0.29, 0.717) is 0 Å². The molecule has 3 nitrogen and oxygen atoms in total. The van der Waals surface area contributed by atoms with Gasteiger partial charge in [0.1, 0.15) is 0 Å². The van der Waals surface area contributed by atoms with E-state index in [1.165, 1.54) is 0 Å². The third-order valence-corrected chi connectivity index (χ3v) is 10.3. The molecule has 22 heavy (non-hydrogen) atoms. The summed E-state index contributed by atoms with van der Waals surface area (Å²) in [7, 11) is 11.9. The Morgan fingerprint density at radius 3 is 1.05 bits per heavy atom. The largest absolute Gasteiger partial charge is 0.770 e. The minimum atomic E-state index is -2.97. The summed E-state index contributed by atoms with van der Waals surface area (Å²) in [4.78, 5) is 0. The van der Waals surface area contributed by atoms with E-state index in [9.17, 15) is 0 Å². The molecule has 0 unspecified atom stereocenters. The summed E-state index contributed by atoms with van der Waals surface area (Å²) in [6.07, 6.45) is -2.37. The van der Waals surface area contributed by atoms with Gasteiger partial charge in [0.15, 0.2) is 0 Å². The minimum Gasteiger partial charge on any atom is -0.770 e. The van der Waals surface area contributed by atoms with E-state index in [1.54, 1.807) is 0 Å². The smallest absolute Gasteiger partial charge is 0.0346 e. The predicted octanol–water partition coefficient (Wildman–Crippen LogP) is 10.8. The standard InChI is InChI=1S/C6H18Cl2N2PSi2.Cl3NP.3ClH.Ta/c1-12(2,3)9-11(7,8)10-13(4,5)6;1-5(2,3)4;;;;/h1-6H3;;3*1H;/q2*-1;;;;+3/p-3. The van der Waals surface area contributed by atoms with Crippen molar-refractivity contribution in [3.05, 3.63) is 14.7 Å². The molecule has 0 aliphatic carbocycles. The SMILES string of the molecule is C[Si](C)(C)[N-][P+](Cl)(Cl)[N-][Si](C)(C)C.[Cl][Ta]([Cl])[Cl].[N-]=P(Cl)(Cl)Cl. The van der Waals surface area contributed by atoms with Crippen LogP contribution < -0.4 is 0 Å². The Morgan fingerprint density at radius 1 is 0.818 bits per heavy atom. The molecule has 0 atom stereocenters. The van der Waals surface area contributed by atoms with Crippen LogP contribution in [0.1, 0.15) is 0 Å². The Hall–Kier alpha value is 4.07. The second-order valence-corrected chi connectivity index (χ2v) is 40.9. The number of hydrogen-bond donors (Lipinski definition) is 0. The Labute approximate surface area is 178 Å². The molecule has 16 heteroatoms. The van der Waals surface area contributed by atoms with Crippen molar-refractivity contribution in [3.8, 4) is 0 Å². The van der Waals surface area contributed by atoms with E-state index >= 15 is 0 Å². The van der Waals surface area contributed by atoms with Gasteiger partial charge in [-0.2, -0.15) is 0 Å². The average Bonchev–Trinajstić information content (AvgIpc) is 1.84. The van der Waals surface area contributed by atoms with Gasteiger partial charge in [-0.05, 0) is 16.5 Å². The van der Waals surface area contributed by atoms with Crippen molar-refractivity contribution in [2.75, 3.05) is 0 Å². The Bertz CT molecular complexity index is 317. The first-order chi connectivity index (χ1) is 9.15. The molecule has 0 spiro atoms. The second kappa shape index (κ2) is 13.3. The van der Waals surface area contributed by atoms with Crippen molar-refractivity contribution in [2.45, 2.75) is 39.3 Å². The van der Waals surface area contributed by atoms with Crippen molar-refractivity contribution in [2.24, 2.45) is 0 Å². The fraction of sp³-hybridized carbons (Fsp3) is 1.00. The van der Waals surface area contributed by atoms with Crippen molar-refractivity contribution < 1.29 is 15.2 Å². The van der Waals surface area contributed by atoms with Crippen molar-refractivity contribution in [1.82, 2.24) is 0 Å². The van der Waals surface area contributed by atoms with Crippen LogP contribution in [0, 0.1) is 0 Å². The zero-order valence-electron chi connectivity index (χ0n) is 12.7. The average molecular weight is 715 g/mol. The molecule has 138 valence electrons. The Kier molecular flexibility index (Phi) is 18.6. The molecule has 0 aromatic rings. The fourth-order valence-corrected chi connectivity index (χ4v) is 15.3. The molecule has 0 bridgehead atoms. The third-order valence-electron chi connectivity index (χ3n) is 0.841. The van der Waals surface area contributed by atoms with Gasteiger partial charge in [-0.25, -0.2) is 0 Å². The minimum absolute atomic E-state index is 1.55. The van der Waals surface area contributed by atoms with Crippen LogP contribution >= 0.6 is 95.2 Å². The first-order valence-electron chi connectivity index (χ1n) is 5.40. The predicted molar refractivity (Wildman–Crippen MR) is 117 cm³/mol. The molecule has 0 aromatic carbocycles. The van der Waals surface area contributed by atoms with Gasteiger partial charge in [0, 0.05) is 5.11 Å². The van der Waals surface area contributed by atoms with Crippen molar-refractivity contribution in [3.63, 3.8) is 0 Å². The van der Waals surface area contributed by atoms with Gasteiger partial charge < -0.3 is 14.7 Å². The Balaban J connectivity index is -0.000000330. The maximum atomic E-state index is 7.93. The van der Waals surface area contributed by atoms with E-state index in [4.69, 9.17) is 88.9 Å². The van der Waals surface area contributed by atoms with E-state index in [1.807, 2.05) is 0 Å². The molecule has 0 saturated heterocycles. The molecular formula is C6H18Cl8N3P2Si2Ta-2.